The van der Waals surface area contributed by atoms with Crippen LogP contribution in [0.5, 0.6) is 0 Å². The molecule has 0 bridgehead atoms. The SMILES string of the molecule is Cc1csc(-c2nc(N)nc3c2ncn3[C@@H]2C[C@H](O)[C@@H](COP(=O)(O)OP(=O)(O)OP(=O)(O)O)O2)n1. The Balaban J connectivity index is 1.48. The molecular weight excluding hydrogens is 569 g/mol. The van der Waals surface area contributed by atoms with Gasteiger partial charge in [0.15, 0.2) is 5.65 Å². The number of thiazole rings is 1. The van der Waals surface area contributed by atoms with Gasteiger partial charge in [0.25, 0.3) is 0 Å². The van der Waals surface area contributed by atoms with E-state index in [1.165, 1.54) is 22.2 Å². The van der Waals surface area contributed by atoms with E-state index in [0.717, 1.165) is 5.69 Å². The van der Waals surface area contributed by atoms with Gasteiger partial charge < -0.3 is 35.2 Å². The number of fused-ring (bicyclic) bond motifs is 1. The summed E-state index contributed by atoms with van der Waals surface area (Å²) in [7, 11) is -16.6. The van der Waals surface area contributed by atoms with Crippen LogP contribution < -0.4 is 5.73 Å². The van der Waals surface area contributed by atoms with Crippen LogP contribution in [0.1, 0.15) is 18.3 Å². The summed E-state index contributed by atoms with van der Waals surface area (Å²) in [4.78, 5) is 53.1. The monoisotopic (exact) mass is 588 g/mol. The molecule has 3 aromatic rings. The number of aliphatic hydroxyl groups is 1. The van der Waals surface area contributed by atoms with Crippen LogP contribution in [0, 0.1) is 6.92 Å². The van der Waals surface area contributed by atoms with E-state index in [1.807, 2.05) is 12.3 Å². The lowest BCUT2D eigenvalue weighted by Gasteiger charge is -2.19. The van der Waals surface area contributed by atoms with Gasteiger partial charge in [0.1, 0.15) is 28.6 Å². The Morgan fingerprint density at radius 2 is 1.89 bits per heavy atom. The van der Waals surface area contributed by atoms with E-state index in [2.05, 4.69) is 33.1 Å². The predicted molar refractivity (Wildman–Crippen MR) is 120 cm³/mol. The zero-order valence-corrected chi connectivity index (χ0v) is 21.5. The number of phosphoric ester groups is 1. The number of hydrogen-bond acceptors (Lipinski definition) is 14. The fourth-order valence-electron chi connectivity index (χ4n) is 3.26. The number of imidazole rings is 1. The van der Waals surface area contributed by atoms with Crippen molar-refractivity contribution in [3.8, 4) is 10.7 Å². The maximum absolute atomic E-state index is 11.9. The predicted octanol–water partition coefficient (Wildman–Crippen LogP) is 0.832. The number of hydrogen-bond donors (Lipinski definition) is 6. The Morgan fingerprint density at radius 3 is 2.53 bits per heavy atom. The molecule has 7 N–H and O–H groups in total. The van der Waals surface area contributed by atoms with Crippen molar-refractivity contribution in [2.45, 2.75) is 31.8 Å². The number of phosphoric acid groups is 3. The van der Waals surface area contributed by atoms with Crippen molar-refractivity contribution in [3.63, 3.8) is 0 Å². The number of aromatic nitrogens is 5. The molecule has 0 spiro atoms. The summed E-state index contributed by atoms with van der Waals surface area (Å²) < 4.78 is 53.0. The number of anilines is 1. The van der Waals surface area contributed by atoms with Crippen molar-refractivity contribution < 1.29 is 56.3 Å². The Hall–Kier alpha value is -1.69. The van der Waals surface area contributed by atoms with Crippen LogP contribution in [0.15, 0.2) is 11.7 Å². The van der Waals surface area contributed by atoms with E-state index in [4.69, 9.17) is 20.3 Å². The number of aryl methyl sites for hydroxylation is 1. The van der Waals surface area contributed by atoms with E-state index in [1.54, 1.807) is 0 Å². The first kappa shape index (κ1) is 27.3. The maximum atomic E-state index is 11.9. The van der Waals surface area contributed by atoms with Crippen LogP contribution in [-0.2, 0) is 31.6 Å². The third-order valence-corrected chi connectivity index (χ3v) is 9.36. The van der Waals surface area contributed by atoms with Crippen molar-refractivity contribution >= 4 is 51.9 Å². The Labute approximate surface area is 205 Å². The fraction of sp³-hybridized carbons (Fsp3) is 0.429. The van der Waals surface area contributed by atoms with Gasteiger partial charge in [-0.05, 0) is 6.92 Å². The molecule has 0 aliphatic carbocycles. The van der Waals surface area contributed by atoms with Crippen LogP contribution in [0.4, 0.5) is 5.95 Å². The van der Waals surface area contributed by atoms with Gasteiger partial charge in [-0.25, -0.2) is 28.6 Å². The van der Waals surface area contributed by atoms with Gasteiger partial charge in [0, 0.05) is 17.5 Å². The second-order valence-corrected chi connectivity index (χ2v) is 12.6. The van der Waals surface area contributed by atoms with Gasteiger partial charge in [0.2, 0.25) is 5.95 Å². The lowest BCUT2D eigenvalue weighted by atomic mass is 10.2. The van der Waals surface area contributed by atoms with Crippen molar-refractivity contribution in [1.82, 2.24) is 24.5 Å². The molecule has 1 saturated heterocycles. The van der Waals surface area contributed by atoms with Gasteiger partial charge in [-0.15, -0.1) is 11.3 Å². The molecule has 5 atom stereocenters. The van der Waals surface area contributed by atoms with Crippen LogP contribution in [-0.4, -0.2) is 68.0 Å². The molecule has 4 rings (SSSR count). The summed E-state index contributed by atoms with van der Waals surface area (Å²) in [6.07, 6.45) is -1.99. The highest BCUT2D eigenvalue weighted by atomic mass is 32.1. The summed E-state index contributed by atoms with van der Waals surface area (Å²) >= 11 is 1.34. The number of nitrogen functional groups attached to an aromatic ring is 1. The lowest BCUT2D eigenvalue weighted by molar-refractivity contribution is -0.0423. The van der Waals surface area contributed by atoms with Crippen LogP contribution in [0.3, 0.4) is 0 Å². The van der Waals surface area contributed by atoms with Gasteiger partial charge in [-0.2, -0.15) is 13.6 Å². The zero-order chi connectivity index (χ0) is 26.5. The first-order valence-corrected chi connectivity index (χ1v) is 15.1. The van der Waals surface area contributed by atoms with E-state index in [0.29, 0.717) is 16.2 Å². The largest absolute Gasteiger partial charge is 0.490 e. The van der Waals surface area contributed by atoms with Crippen molar-refractivity contribution in [1.29, 1.82) is 0 Å². The normalized spacial score (nSPS) is 24.1. The van der Waals surface area contributed by atoms with Gasteiger partial charge in [-0.3, -0.25) is 9.09 Å². The molecular formula is C14H19N6O12P3S. The van der Waals surface area contributed by atoms with Gasteiger partial charge in [-0.1, -0.05) is 0 Å². The molecule has 1 aliphatic heterocycles. The van der Waals surface area contributed by atoms with Crippen LogP contribution in [0.2, 0.25) is 0 Å². The van der Waals surface area contributed by atoms with Crippen LogP contribution >= 0.6 is 34.8 Å². The number of rotatable bonds is 9. The zero-order valence-electron chi connectivity index (χ0n) is 18.0. The Bertz CT molecular complexity index is 1430. The molecule has 0 radical (unpaired) electrons. The third kappa shape index (κ3) is 6.41. The number of ether oxygens (including phenoxy) is 1. The van der Waals surface area contributed by atoms with Gasteiger partial charge >= 0.3 is 23.5 Å². The van der Waals surface area contributed by atoms with E-state index in [-0.39, 0.29) is 18.0 Å². The Morgan fingerprint density at radius 1 is 1.17 bits per heavy atom. The maximum Gasteiger partial charge on any atom is 0.490 e. The number of nitrogens with zero attached hydrogens (tertiary/aromatic N) is 5. The molecule has 3 aromatic heterocycles. The van der Waals surface area contributed by atoms with Crippen LogP contribution in [0.25, 0.3) is 21.9 Å². The minimum Gasteiger partial charge on any atom is -0.390 e. The highest BCUT2D eigenvalue weighted by molar-refractivity contribution is 7.66. The molecule has 0 aromatic carbocycles. The quantitative estimate of drug-likeness (QED) is 0.189. The Kier molecular flexibility index (Phi) is 7.51. The molecule has 198 valence electrons. The second-order valence-electron chi connectivity index (χ2n) is 7.37. The average molecular weight is 588 g/mol. The fourth-order valence-corrected chi connectivity index (χ4v) is 7.08. The van der Waals surface area contributed by atoms with Gasteiger partial charge in [0.05, 0.1) is 19.0 Å². The smallest absolute Gasteiger partial charge is 0.390 e. The summed E-state index contributed by atoms with van der Waals surface area (Å²) in [5.74, 6) is -0.0603. The molecule has 36 heavy (non-hydrogen) atoms. The first-order valence-electron chi connectivity index (χ1n) is 9.67. The standard InChI is InChI=1S/C14H19N6O12P3S/c1-6-4-36-13(17-6)11-10-12(19-14(15)18-11)20(5-16-10)9-2-7(21)8(30-9)3-29-34(25,26)32-35(27,28)31-33(22,23)24/h4-5,7-9,21H,2-3H2,1H3,(H,25,26)(H,27,28)(H2,15,18,19)(H2,22,23,24)/t7-,8+,9-/m0/s1. The summed E-state index contributed by atoms with van der Waals surface area (Å²) in [5, 5.41) is 12.8. The third-order valence-electron chi connectivity index (χ3n) is 4.59. The molecule has 4 heterocycles. The lowest BCUT2D eigenvalue weighted by Crippen LogP contribution is -2.26. The topological polar surface area (TPSA) is 272 Å². The highest BCUT2D eigenvalue weighted by Gasteiger charge is 2.43. The molecule has 2 unspecified atom stereocenters. The van der Waals surface area contributed by atoms with Crippen molar-refractivity contribution in [2.24, 2.45) is 0 Å². The van der Waals surface area contributed by atoms with Crippen molar-refractivity contribution in [3.05, 3.63) is 17.4 Å². The first-order chi connectivity index (χ1) is 16.6. The van der Waals surface area contributed by atoms with E-state index in [9.17, 15) is 28.6 Å². The summed E-state index contributed by atoms with van der Waals surface area (Å²) in [6.45, 7) is 1.01. The second kappa shape index (κ2) is 9.89. The minimum absolute atomic E-state index is 0.0362. The minimum atomic E-state index is -5.67. The molecule has 18 nitrogen and oxygen atoms in total. The van der Waals surface area contributed by atoms with E-state index >= 15 is 0 Å². The molecule has 0 amide bonds. The molecule has 1 aliphatic rings. The van der Waals surface area contributed by atoms with Crippen molar-refractivity contribution in [2.75, 3.05) is 12.3 Å². The summed E-state index contributed by atoms with van der Waals surface area (Å²) in [6, 6.07) is 0. The van der Waals surface area contributed by atoms with E-state index < -0.39 is 48.5 Å². The summed E-state index contributed by atoms with van der Waals surface area (Å²) in [5.41, 5.74) is 7.68. The highest BCUT2D eigenvalue weighted by Crippen LogP contribution is 2.66. The molecule has 0 saturated carbocycles. The molecule has 1 fully saturated rings. The number of aliphatic hydroxyl groups excluding tert-OH is 1. The molecule has 22 heteroatoms. The average Bonchev–Trinajstić information content (AvgIpc) is 3.41. The number of nitrogens with two attached hydrogens (primary N) is 1.